The van der Waals surface area contributed by atoms with E-state index in [0.29, 0.717) is 0 Å². The van der Waals surface area contributed by atoms with Crippen LogP contribution in [-0.2, 0) is 9.53 Å². The number of hydrogen-bond donors (Lipinski definition) is 5. The van der Waals surface area contributed by atoms with Gasteiger partial charge in [-0.3, -0.25) is 4.79 Å². The second-order valence-electron chi connectivity index (χ2n) is 4.25. The van der Waals surface area contributed by atoms with Gasteiger partial charge in [0.05, 0.1) is 30.3 Å². The van der Waals surface area contributed by atoms with E-state index in [1.807, 2.05) is 0 Å². The molecule has 0 amide bonds. The zero-order chi connectivity index (χ0) is 16.2. The zero-order valence-corrected chi connectivity index (χ0v) is 11.2. The van der Waals surface area contributed by atoms with Gasteiger partial charge in [-0.25, -0.2) is 4.79 Å². The van der Waals surface area contributed by atoms with Crippen LogP contribution >= 0.6 is 0 Å². The molecule has 8 nitrogen and oxygen atoms in total. The number of aromatic hydroxyl groups is 2. The number of phenolic OH excluding ortho intramolecular Hbond substituents is 2. The Hall–Kier alpha value is -2.32. The van der Waals surface area contributed by atoms with E-state index in [1.165, 1.54) is 0 Å². The molecule has 2 unspecified atom stereocenters. The molecule has 0 aliphatic rings. The van der Waals surface area contributed by atoms with Crippen LogP contribution in [0.2, 0.25) is 0 Å². The first-order valence-electron chi connectivity index (χ1n) is 6.08. The normalized spacial score (nSPS) is 13.5. The molecule has 0 saturated heterocycles. The Bertz CT molecular complexity index is 516. The molecular weight excluding hydrogens is 284 g/mol. The number of phenols is 2. The molecule has 0 spiro atoms. The first kappa shape index (κ1) is 16.7. The Balaban J connectivity index is 2.99. The van der Waals surface area contributed by atoms with Crippen LogP contribution in [0.15, 0.2) is 12.1 Å². The van der Waals surface area contributed by atoms with E-state index >= 15 is 0 Å². The number of aliphatic hydroxyl groups is 2. The fourth-order valence-corrected chi connectivity index (χ4v) is 1.74. The maximum atomic E-state index is 11.2. The van der Waals surface area contributed by atoms with Crippen molar-refractivity contribution in [3.8, 4) is 11.5 Å². The summed E-state index contributed by atoms with van der Waals surface area (Å²) in [5.41, 5.74) is -0.849. The van der Waals surface area contributed by atoms with Crippen molar-refractivity contribution in [3.63, 3.8) is 0 Å². The summed E-state index contributed by atoms with van der Waals surface area (Å²) in [5.74, 6) is -3.55. The van der Waals surface area contributed by atoms with Crippen molar-refractivity contribution in [2.75, 3.05) is 6.61 Å². The highest BCUT2D eigenvalue weighted by Crippen LogP contribution is 2.36. The van der Waals surface area contributed by atoms with Gasteiger partial charge in [-0.05, 0) is 19.1 Å². The largest absolute Gasteiger partial charge is 0.507 e. The van der Waals surface area contributed by atoms with Gasteiger partial charge < -0.3 is 30.3 Å². The smallest absolute Gasteiger partial charge is 0.335 e. The Morgan fingerprint density at radius 2 is 1.71 bits per heavy atom. The molecule has 5 N–H and O–H groups in total. The summed E-state index contributed by atoms with van der Waals surface area (Å²) in [6.07, 6.45) is -3.96. The molecule has 0 aliphatic heterocycles. The second kappa shape index (κ2) is 6.91. The number of benzene rings is 1. The van der Waals surface area contributed by atoms with Gasteiger partial charge in [0.25, 0.3) is 0 Å². The first-order chi connectivity index (χ1) is 9.77. The number of carbonyl (C=O) groups is 2. The highest BCUT2D eigenvalue weighted by Gasteiger charge is 2.28. The molecule has 1 aromatic carbocycles. The van der Waals surface area contributed by atoms with Crippen molar-refractivity contribution in [3.05, 3.63) is 23.3 Å². The second-order valence-corrected chi connectivity index (χ2v) is 4.25. The molecule has 0 radical (unpaired) electrons. The van der Waals surface area contributed by atoms with Gasteiger partial charge in [-0.15, -0.1) is 0 Å². The van der Waals surface area contributed by atoms with Gasteiger partial charge in [0.1, 0.15) is 17.6 Å². The number of carbonyl (C=O) groups excluding carboxylic acids is 1. The molecule has 116 valence electrons. The average molecular weight is 300 g/mol. The molecule has 1 rings (SSSR count). The van der Waals surface area contributed by atoms with Crippen LogP contribution < -0.4 is 0 Å². The molecule has 21 heavy (non-hydrogen) atoms. The van der Waals surface area contributed by atoms with Gasteiger partial charge in [0, 0.05) is 0 Å². The Kier molecular flexibility index (Phi) is 5.51. The fourth-order valence-electron chi connectivity index (χ4n) is 1.74. The van der Waals surface area contributed by atoms with Gasteiger partial charge in [0.2, 0.25) is 0 Å². The summed E-state index contributed by atoms with van der Waals surface area (Å²) < 4.78 is 4.60. The predicted molar refractivity (Wildman–Crippen MR) is 68.9 cm³/mol. The van der Waals surface area contributed by atoms with E-state index in [0.717, 1.165) is 12.1 Å². The van der Waals surface area contributed by atoms with Crippen molar-refractivity contribution >= 4 is 11.9 Å². The summed E-state index contributed by atoms with van der Waals surface area (Å²) in [6, 6.07) is 1.63. The number of hydrogen-bond acceptors (Lipinski definition) is 7. The minimum atomic E-state index is -1.78. The van der Waals surface area contributed by atoms with Crippen LogP contribution in [-0.4, -0.2) is 50.2 Å². The first-order valence-corrected chi connectivity index (χ1v) is 6.08. The van der Waals surface area contributed by atoms with Gasteiger partial charge in [-0.1, -0.05) is 0 Å². The van der Waals surface area contributed by atoms with Crippen LogP contribution in [0.25, 0.3) is 0 Å². The number of carboxylic acid groups (broad SMARTS) is 1. The molecule has 0 aliphatic carbocycles. The minimum Gasteiger partial charge on any atom is -0.507 e. The average Bonchev–Trinajstić information content (AvgIpc) is 2.37. The van der Waals surface area contributed by atoms with Crippen molar-refractivity contribution < 1.29 is 39.9 Å². The Labute approximate surface area is 119 Å². The van der Waals surface area contributed by atoms with Crippen LogP contribution in [0.1, 0.15) is 35.4 Å². The maximum absolute atomic E-state index is 11.2. The molecule has 0 heterocycles. The molecule has 0 bridgehead atoms. The number of esters is 1. The summed E-state index contributed by atoms with van der Waals surface area (Å²) >= 11 is 0. The highest BCUT2D eigenvalue weighted by molar-refractivity contribution is 5.89. The number of rotatable bonds is 6. The number of carboxylic acids is 1. The maximum Gasteiger partial charge on any atom is 0.335 e. The van der Waals surface area contributed by atoms with Crippen molar-refractivity contribution in [1.29, 1.82) is 0 Å². The number of ether oxygens (including phenoxy) is 1. The van der Waals surface area contributed by atoms with Gasteiger partial charge in [0.15, 0.2) is 0 Å². The molecular formula is C13H16O8. The van der Waals surface area contributed by atoms with Crippen LogP contribution in [0.5, 0.6) is 11.5 Å². The quantitative estimate of drug-likeness (QED) is 0.467. The number of aromatic carboxylic acids is 1. The summed E-state index contributed by atoms with van der Waals surface area (Å²) in [7, 11) is 0. The molecule has 0 fully saturated rings. The molecule has 1 aromatic rings. The van der Waals surface area contributed by atoms with Gasteiger partial charge in [-0.2, -0.15) is 0 Å². The molecule has 0 aromatic heterocycles. The van der Waals surface area contributed by atoms with Crippen molar-refractivity contribution in [2.24, 2.45) is 0 Å². The molecule has 0 saturated carbocycles. The fraction of sp³-hybridized carbons (Fsp3) is 0.385. The predicted octanol–water partition coefficient (Wildman–Crippen LogP) is 0.144. The third-order valence-electron chi connectivity index (χ3n) is 2.72. The van der Waals surface area contributed by atoms with Gasteiger partial charge >= 0.3 is 11.9 Å². The molecule has 2 atom stereocenters. The van der Waals surface area contributed by atoms with Crippen LogP contribution in [0.4, 0.5) is 0 Å². The van der Waals surface area contributed by atoms with Crippen LogP contribution in [0.3, 0.4) is 0 Å². The third-order valence-corrected chi connectivity index (χ3v) is 2.72. The van der Waals surface area contributed by atoms with E-state index in [1.54, 1.807) is 6.92 Å². The summed E-state index contributed by atoms with van der Waals surface area (Å²) in [4.78, 5) is 21.9. The summed E-state index contributed by atoms with van der Waals surface area (Å²) in [5, 5.41) is 47.7. The lowest BCUT2D eigenvalue weighted by atomic mass is 9.98. The van der Waals surface area contributed by atoms with E-state index in [9.17, 15) is 30.0 Å². The lowest BCUT2D eigenvalue weighted by Crippen LogP contribution is -2.23. The third kappa shape index (κ3) is 4.07. The van der Waals surface area contributed by atoms with E-state index in [2.05, 4.69) is 4.74 Å². The lowest BCUT2D eigenvalue weighted by Gasteiger charge is -2.19. The SMILES string of the molecule is CCOC(=O)CC(O)C(O)c1c(O)cc(C(=O)O)cc1O. The van der Waals surface area contributed by atoms with E-state index in [-0.39, 0.29) is 12.2 Å². The standard InChI is InChI=1S/C13H16O8/c1-2-21-10(17)5-9(16)12(18)11-7(14)3-6(13(19)20)4-8(11)15/h3-4,9,12,14-16,18H,2,5H2,1H3,(H,19,20). The van der Waals surface area contributed by atoms with E-state index in [4.69, 9.17) is 5.11 Å². The van der Waals surface area contributed by atoms with E-state index < -0.39 is 47.6 Å². The lowest BCUT2D eigenvalue weighted by molar-refractivity contribution is -0.147. The van der Waals surface area contributed by atoms with Crippen LogP contribution in [0, 0.1) is 0 Å². The number of aliphatic hydroxyl groups excluding tert-OH is 2. The summed E-state index contributed by atoms with van der Waals surface area (Å²) in [6.45, 7) is 1.68. The highest BCUT2D eigenvalue weighted by atomic mass is 16.5. The zero-order valence-electron chi connectivity index (χ0n) is 11.2. The topological polar surface area (TPSA) is 145 Å². The van der Waals surface area contributed by atoms with Crippen molar-refractivity contribution in [2.45, 2.75) is 25.6 Å². The van der Waals surface area contributed by atoms with Crippen molar-refractivity contribution in [1.82, 2.24) is 0 Å². The minimum absolute atomic E-state index is 0.103. The monoisotopic (exact) mass is 300 g/mol. The Morgan fingerprint density at radius 1 is 1.19 bits per heavy atom. The molecule has 8 heteroatoms. The Morgan fingerprint density at radius 3 is 2.14 bits per heavy atom.